The first-order valence-electron chi connectivity index (χ1n) is 7.95. The monoisotopic (exact) mass is 255 g/mol. The maximum Gasteiger partial charge on any atom is 0.0597 e. The van der Waals surface area contributed by atoms with Gasteiger partial charge in [-0.3, -0.25) is 0 Å². The Morgan fingerprint density at radius 2 is 1.61 bits per heavy atom. The molecule has 5 unspecified atom stereocenters. The van der Waals surface area contributed by atoms with Crippen molar-refractivity contribution in [3.05, 3.63) is 0 Å². The van der Waals surface area contributed by atoms with Crippen LogP contribution in [0.1, 0.15) is 60.8 Å². The van der Waals surface area contributed by atoms with E-state index in [2.05, 4.69) is 46.9 Å². The predicted molar refractivity (Wildman–Crippen MR) is 78.8 cm³/mol. The van der Waals surface area contributed by atoms with E-state index in [9.17, 15) is 0 Å². The van der Waals surface area contributed by atoms with E-state index >= 15 is 0 Å². The van der Waals surface area contributed by atoms with Gasteiger partial charge in [0.05, 0.1) is 12.2 Å². The molecule has 1 aliphatic rings. The minimum Gasteiger partial charge on any atom is -0.375 e. The van der Waals surface area contributed by atoms with E-state index in [4.69, 9.17) is 4.74 Å². The van der Waals surface area contributed by atoms with E-state index in [-0.39, 0.29) is 0 Å². The summed E-state index contributed by atoms with van der Waals surface area (Å²) in [5, 5.41) is 3.81. The van der Waals surface area contributed by atoms with Gasteiger partial charge in [-0.2, -0.15) is 0 Å². The Bertz CT molecular complexity index is 227. The van der Waals surface area contributed by atoms with Gasteiger partial charge >= 0.3 is 0 Å². The molecule has 1 heterocycles. The first-order valence-corrected chi connectivity index (χ1v) is 7.95. The Labute approximate surface area is 114 Å². The minimum absolute atomic E-state index is 0.393. The van der Waals surface area contributed by atoms with Crippen molar-refractivity contribution in [2.75, 3.05) is 6.54 Å². The van der Waals surface area contributed by atoms with Crippen LogP contribution in [0.15, 0.2) is 0 Å². The van der Waals surface area contributed by atoms with Crippen molar-refractivity contribution >= 4 is 0 Å². The van der Waals surface area contributed by atoms with Gasteiger partial charge < -0.3 is 10.1 Å². The lowest BCUT2D eigenvalue weighted by Crippen LogP contribution is -2.47. The lowest BCUT2D eigenvalue weighted by Gasteiger charge is -2.35. The summed E-state index contributed by atoms with van der Waals surface area (Å²) in [6.45, 7) is 14.9. The Balaban J connectivity index is 2.80. The Kier molecular flexibility index (Phi) is 6.65. The zero-order valence-corrected chi connectivity index (χ0v) is 13.2. The highest BCUT2D eigenvalue weighted by Gasteiger charge is 2.43. The van der Waals surface area contributed by atoms with Crippen LogP contribution in [0.2, 0.25) is 0 Å². The minimum atomic E-state index is 0.393. The predicted octanol–water partition coefficient (Wildman–Crippen LogP) is 3.85. The van der Waals surface area contributed by atoms with E-state index in [0.29, 0.717) is 30.1 Å². The van der Waals surface area contributed by atoms with Crippen LogP contribution in [-0.4, -0.2) is 24.8 Å². The van der Waals surface area contributed by atoms with E-state index in [1.165, 1.54) is 19.3 Å². The van der Waals surface area contributed by atoms with E-state index in [1.807, 2.05) is 0 Å². The Morgan fingerprint density at radius 1 is 1.00 bits per heavy atom. The maximum atomic E-state index is 6.05. The average Bonchev–Trinajstić information content (AvgIpc) is 2.60. The van der Waals surface area contributed by atoms with Gasteiger partial charge in [0.25, 0.3) is 0 Å². The van der Waals surface area contributed by atoms with Crippen molar-refractivity contribution in [3.8, 4) is 0 Å². The normalized spacial score (nSPS) is 34.2. The summed E-state index contributed by atoms with van der Waals surface area (Å²) in [6, 6.07) is 0.620. The molecule has 0 aromatic rings. The molecule has 0 saturated carbocycles. The molecule has 1 aliphatic heterocycles. The molecular formula is C16H33NO. The fourth-order valence-electron chi connectivity index (χ4n) is 3.64. The highest BCUT2D eigenvalue weighted by Crippen LogP contribution is 2.38. The zero-order chi connectivity index (χ0) is 13.7. The Hall–Kier alpha value is -0.0800. The van der Waals surface area contributed by atoms with Crippen molar-refractivity contribution in [1.29, 1.82) is 0 Å². The first kappa shape index (κ1) is 16.0. The summed E-state index contributed by atoms with van der Waals surface area (Å²) in [4.78, 5) is 0. The first-order chi connectivity index (χ1) is 8.56. The second-order valence-electron chi connectivity index (χ2n) is 6.04. The number of hydrogen-bond acceptors (Lipinski definition) is 2. The van der Waals surface area contributed by atoms with Gasteiger partial charge in [0, 0.05) is 12.0 Å². The van der Waals surface area contributed by atoms with Gasteiger partial charge in [-0.15, -0.1) is 0 Å². The number of hydrogen-bond donors (Lipinski definition) is 1. The van der Waals surface area contributed by atoms with Crippen LogP contribution >= 0.6 is 0 Å². The second-order valence-corrected chi connectivity index (χ2v) is 6.04. The smallest absolute Gasteiger partial charge is 0.0597 e. The van der Waals surface area contributed by atoms with Crippen molar-refractivity contribution < 1.29 is 4.74 Å². The number of rotatable bonds is 7. The summed E-state index contributed by atoms with van der Waals surface area (Å²) >= 11 is 0. The van der Waals surface area contributed by atoms with Crippen LogP contribution in [0.5, 0.6) is 0 Å². The number of ether oxygens (including phenoxy) is 1. The van der Waals surface area contributed by atoms with Gasteiger partial charge in [-0.1, -0.05) is 40.5 Å². The lowest BCUT2D eigenvalue weighted by atomic mass is 9.76. The molecule has 0 radical (unpaired) electrons. The topological polar surface area (TPSA) is 21.3 Å². The molecule has 2 heteroatoms. The highest BCUT2D eigenvalue weighted by molar-refractivity contribution is 4.94. The molecule has 5 atom stereocenters. The highest BCUT2D eigenvalue weighted by atomic mass is 16.5. The third kappa shape index (κ3) is 3.48. The van der Waals surface area contributed by atoms with E-state index in [0.717, 1.165) is 12.5 Å². The van der Waals surface area contributed by atoms with Crippen LogP contribution in [0, 0.1) is 17.8 Å². The third-order valence-electron chi connectivity index (χ3n) is 4.92. The van der Waals surface area contributed by atoms with Gasteiger partial charge in [0.2, 0.25) is 0 Å². The fraction of sp³-hybridized carbons (Fsp3) is 1.00. The summed E-state index contributed by atoms with van der Waals surface area (Å²) in [7, 11) is 0. The quantitative estimate of drug-likeness (QED) is 0.746. The molecule has 0 bridgehead atoms. The second kappa shape index (κ2) is 7.49. The molecule has 1 rings (SSSR count). The summed E-state index contributed by atoms with van der Waals surface area (Å²) in [5.74, 6) is 2.10. The van der Waals surface area contributed by atoms with Gasteiger partial charge in [0.1, 0.15) is 0 Å². The van der Waals surface area contributed by atoms with E-state index < -0.39 is 0 Å². The fourth-order valence-corrected chi connectivity index (χ4v) is 3.64. The number of nitrogens with one attached hydrogen (secondary N) is 1. The van der Waals surface area contributed by atoms with Gasteiger partial charge in [0.15, 0.2) is 0 Å². The molecule has 1 fully saturated rings. The zero-order valence-electron chi connectivity index (χ0n) is 13.2. The van der Waals surface area contributed by atoms with E-state index in [1.54, 1.807) is 0 Å². The molecule has 0 aliphatic carbocycles. The molecule has 0 amide bonds. The van der Waals surface area contributed by atoms with Crippen molar-refractivity contribution in [2.24, 2.45) is 17.8 Å². The van der Waals surface area contributed by atoms with Crippen LogP contribution in [0.3, 0.4) is 0 Å². The molecule has 0 spiro atoms. The molecule has 0 aromatic heterocycles. The largest absolute Gasteiger partial charge is 0.375 e. The molecular weight excluding hydrogens is 222 g/mol. The average molecular weight is 255 g/mol. The van der Waals surface area contributed by atoms with Crippen LogP contribution in [0.25, 0.3) is 0 Å². The lowest BCUT2D eigenvalue weighted by molar-refractivity contribution is 0.0440. The molecule has 0 aromatic carbocycles. The molecule has 2 nitrogen and oxygen atoms in total. The molecule has 108 valence electrons. The molecule has 1 N–H and O–H groups in total. The van der Waals surface area contributed by atoms with Gasteiger partial charge in [-0.25, -0.2) is 0 Å². The van der Waals surface area contributed by atoms with Crippen LogP contribution < -0.4 is 5.32 Å². The van der Waals surface area contributed by atoms with Crippen molar-refractivity contribution in [3.63, 3.8) is 0 Å². The Morgan fingerprint density at radius 3 is 2.00 bits per heavy atom. The van der Waals surface area contributed by atoms with Crippen molar-refractivity contribution in [1.82, 2.24) is 5.32 Å². The summed E-state index contributed by atoms with van der Waals surface area (Å²) in [6.07, 6.45) is 4.54. The molecule has 18 heavy (non-hydrogen) atoms. The van der Waals surface area contributed by atoms with Crippen LogP contribution in [-0.2, 0) is 4.74 Å². The maximum absolute atomic E-state index is 6.05. The third-order valence-corrected chi connectivity index (χ3v) is 4.92. The molecule has 1 saturated heterocycles. The summed E-state index contributed by atoms with van der Waals surface area (Å²) in [5.41, 5.74) is 0. The van der Waals surface area contributed by atoms with Crippen LogP contribution in [0.4, 0.5) is 0 Å². The van der Waals surface area contributed by atoms with Gasteiger partial charge in [-0.05, 0) is 38.6 Å². The SMILES string of the molecule is CCCNC(C(CC)CC)C1C(C)OC(C)C1C. The standard InChI is InChI=1S/C16H33NO/c1-7-10-17-16(14(8-2)9-3)15-11(4)12(5)18-13(15)6/h11-17H,7-10H2,1-6H3. The summed E-state index contributed by atoms with van der Waals surface area (Å²) < 4.78 is 6.05. The van der Waals surface area contributed by atoms with Crippen molar-refractivity contribution in [2.45, 2.75) is 79.1 Å².